The van der Waals surface area contributed by atoms with E-state index in [1.54, 1.807) is 0 Å². The molecule has 0 amide bonds. The molecule has 1 fully saturated rings. The first kappa shape index (κ1) is 7.56. The zero-order valence-electron chi connectivity index (χ0n) is 6.43. The number of piperidine rings is 1. The first-order valence-electron chi connectivity index (χ1n) is 3.93. The van der Waals surface area contributed by atoms with Gasteiger partial charge in [0, 0.05) is 12.5 Å². The zero-order valence-corrected chi connectivity index (χ0v) is 6.43. The van der Waals surface area contributed by atoms with E-state index in [2.05, 4.69) is 18.3 Å². The van der Waals surface area contributed by atoms with Crippen molar-refractivity contribution in [3.63, 3.8) is 0 Å². The van der Waals surface area contributed by atoms with Gasteiger partial charge in [0.15, 0.2) is 0 Å². The Hall–Kier alpha value is -0.550. The van der Waals surface area contributed by atoms with Crippen molar-refractivity contribution in [1.82, 2.24) is 5.32 Å². The summed E-state index contributed by atoms with van der Waals surface area (Å²) in [6.45, 7) is 3.23. The molecule has 2 nitrogen and oxygen atoms in total. The van der Waals surface area contributed by atoms with Gasteiger partial charge in [-0.1, -0.05) is 0 Å². The number of hydrogen-bond acceptors (Lipinski definition) is 2. The van der Waals surface area contributed by atoms with Gasteiger partial charge in [-0.15, -0.1) is 0 Å². The summed E-state index contributed by atoms with van der Waals surface area (Å²) in [5.41, 5.74) is 0. The molecule has 1 aliphatic rings. The van der Waals surface area contributed by atoms with Crippen LogP contribution in [-0.4, -0.2) is 12.6 Å². The maximum Gasteiger partial charge on any atom is 0.0625 e. The molecule has 1 rings (SSSR count). The van der Waals surface area contributed by atoms with Gasteiger partial charge in [-0.2, -0.15) is 5.26 Å². The Balaban J connectivity index is 2.21. The Morgan fingerprint density at radius 3 is 2.90 bits per heavy atom. The molecule has 1 aliphatic heterocycles. The van der Waals surface area contributed by atoms with E-state index < -0.39 is 0 Å². The van der Waals surface area contributed by atoms with Crippen molar-refractivity contribution >= 4 is 0 Å². The third-order valence-electron chi connectivity index (χ3n) is 2.14. The van der Waals surface area contributed by atoms with Crippen LogP contribution in [0.15, 0.2) is 0 Å². The average molecular weight is 138 g/mol. The molecule has 2 unspecified atom stereocenters. The molecule has 1 heterocycles. The normalized spacial score (nSPS) is 33.2. The van der Waals surface area contributed by atoms with Crippen LogP contribution in [0.2, 0.25) is 0 Å². The van der Waals surface area contributed by atoms with E-state index in [1.807, 2.05) is 0 Å². The number of nitrogens with one attached hydrogen (secondary N) is 1. The van der Waals surface area contributed by atoms with Crippen LogP contribution in [0.4, 0.5) is 0 Å². The molecule has 0 aromatic heterocycles. The molecule has 56 valence electrons. The number of nitrogens with zero attached hydrogens (tertiary/aromatic N) is 1. The molecule has 0 spiro atoms. The molecule has 0 radical (unpaired) electrons. The van der Waals surface area contributed by atoms with Gasteiger partial charge in [0.1, 0.15) is 0 Å². The van der Waals surface area contributed by atoms with E-state index in [1.165, 1.54) is 12.8 Å². The van der Waals surface area contributed by atoms with E-state index in [4.69, 9.17) is 5.26 Å². The Kier molecular flexibility index (Phi) is 2.70. The molecule has 0 aromatic rings. The first-order chi connectivity index (χ1) is 4.83. The minimum Gasteiger partial charge on any atom is -0.314 e. The van der Waals surface area contributed by atoms with Crippen LogP contribution in [0.1, 0.15) is 26.2 Å². The molecule has 0 aliphatic carbocycles. The summed E-state index contributed by atoms with van der Waals surface area (Å²) in [6, 6.07) is 2.87. The predicted molar refractivity (Wildman–Crippen MR) is 40.4 cm³/mol. The van der Waals surface area contributed by atoms with Crippen LogP contribution < -0.4 is 5.32 Å². The van der Waals surface area contributed by atoms with E-state index in [9.17, 15) is 0 Å². The standard InChI is InChI=1S/C8H14N2/c1-7-2-3-8(4-5-9)6-10-7/h7-8,10H,2-4,6H2,1H3. The van der Waals surface area contributed by atoms with E-state index in [0.29, 0.717) is 12.0 Å². The van der Waals surface area contributed by atoms with E-state index in [-0.39, 0.29) is 0 Å². The Labute approximate surface area is 62.2 Å². The summed E-state index contributed by atoms with van der Waals surface area (Å²) in [4.78, 5) is 0. The van der Waals surface area contributed by atoms with Crippen molar-refractivity contribution < 1.29 is 0 Å². The second kappa shape index (κ2) is 3.58. The fourth-order valence-corrected chi connectivity index (χ4v) is 1.36. The largest absolute Gasteiger partial charge is 0.314 e. The monoisotopic (exact) mass is 138 g/mol. The van der Waals surface area contributed by atoms with Crippen molar-refractivity contribution in [2.75, 3.05) is 6.54 Å². The van der Waals surface area contributed by atoms with E-state index in [0.717, 1.165) is 13.0 Å². The molecule has 2 heteroatoms. The van der Waals surface area contributed by atoms with Crippen LogP contribution in [0.25, 0.3) is 0 Å². The van der Waals surface area contributed by atoms with Crippen molar-refractivity contribution in [3.8, 4) is 6.07 Å². The minimum atomic E-state index is 0.612. The molecule has 1 N–H and O–H groups in total. The summed E-state index contributed by atoms with van der Waals surface area (Å²) in [7, 11) is 0. The quantitative estimate of drug-likeness (QED) is 0.592. The van der Waals surface area contributed by atoms with Gasteiger partial charge >= 0.3 is 0 Å². The van der Waals surface area contributed by atoms with Gasteiger partial charge in [-0.25, -0.2) is 0 Å². The Morgan fingerprint density at radius 1 is 1.60 bits per heavy atom. The molecule has 2 atom stereocenters. The summed E-state index contributed by atoms with van der Waals surface area (Å²) in [5.74, 6) is 0.612. The van der Waals surface area contributed by atoms with Crippen LogP contribution in [0.5, 0.6) is 0 Å². The van der Waals surface area contributed by atoms with Gasteiger partial charge in [-0.3, -0.25) is 0 Å². The van der Waals surface area contributed by atoms with E-state index >= 15 is 0 Å². The predicted octanol–water partition coefficient (Wildman–Crippen LogP) is 1.29. The van der Waals surface area contributed by atoms with Gasteiger partial charge in [0.25, 0.3) is 0 Å². The van der Waals surface area contributed by atoms with Crippen molar-refractivity contribution in [1.29, 1.82) is 5.26 Å². The van der Waals surface area contributed by atoms with Gasteiger partial charge in [-0.05, 0) is 32.2 Å². The molecule has 0 bridgehead atoms. The van der Waals surface area contributed by atoms with Gasteiger partial charge < -0.3 is 5.32 Å². The van der Waals surface area contributed by atoms with Crippen LogP contribution in [-0.2, 0) is 0 Å². The summed E-state index contributed by atoms with van der Waals surface area (Å²) >= 11 is 0. The SMILES string of the molecule is CC1CCC(CC#N)CN1. The molecular weight excluding hydrogens is 124 g/mol. The maximum absolute atomic E-state index is 8.41. The smallest absolute Gasteiger partial charge is 0.0625 e. The Bertz CT molecular complexity index is 129. The molecule has 10 heavy (non-hydrogen) atoms. The first-order valence-corrected chi connectivity index (χ1v) is 3.93. The second-order valence-corrected chi connectivity index (χ2v) is 3.11. The lowest BCUT2D eigenvalue weighted by molar-refractivity contribution is 0.327. The summed E-state index contributed by atoms with van der Waals surface area (Å²) < 4.78 is 0. The summed E-state index contributed by atoms with van der Waals surface area (Å²) in [5, 5.41) is 11.8. The minimum absolute atomic E-state index is 0.612. The van der Waals surface area contributed by atoms with Gasteiger partial charge in [0.2, 0.25) is 0 Å². The van der Waals surface area contributed by atoms with Crippen LogP contribution >= 0.6 is 0 Å². The topological polar surface area (TPSA) is 35.8 Å². The van der Waals surface area contributed by atoms with Crippen LogP contribution in [0, 0.1) is 17.2 Å². The lowest BCUT2D eigenvalue weighted by atomic mass is 9.93. The summed E-state index contributed by atoms with van der Waals surface area (Å²) in [6.07, 6.45) is 3.17. The third kappa shape index (κ3) is 2.00. The number of rotatable bonds is 1. The Morgan fingerprint density at radius 2 is 2.40 bits per heavy atom. The number of hydrogen-bond donors (Lipinski definition) is 1. The van der Waals surface area contributed by atoms with Crippen molar-refractivity contribution in [3.05, 3.63) is 0 Å². The zero-order chi connectivity index (χ0) is 7.40. The third-order valence-corrected chi connectivity index (χ3v) is 2.14. The highest BCUT2D eigenvalue weighted by Crippen LogP contribution is 2.16. The molecule has 1 saturated heterocycles. The van der Waals surface area contributed by atoms with Gasteiger partial charge in [0.05, 0.1) is 6.07 Å². The fourth-order valence-electron chi connectivity index (χ4n) is 1.36. The fraction of sp³-hybridized carbons (Fsp3) is 0.875. The molecule has 0 aromatic carbocycles. The highest BCUT2D eigenvalue weighted by Gasteiger charge is 2.16. The average Bonchev–Trinajstić information content (AvgIpc) is 1.95. The highest BCUT2D eigenvalue weighted by molar-refractivity contribution is 4.82. The lowest BCUT2D eigenvalue weighted by Crippen LogP contribution is -2.36. The molecule has 0 saturated carbocycles. The van der Waals surface area contributed by atoms with Crippen LogP contribution in [0.3, 0.4) is 0 Å². The molecular formula is C8H14N2. The van der Waals surface area contributed by atoms with Crippen molar-refractivity contribution in [2.24, 2.45) is 5.92 Å². The second-order valence-electron chi connectivity index (χ2n) is 3.11. The highest BCUT2D eigenvalue weighted by atomic mass is 14.9. The van der Waals surface area contributed by atoms with Crippen molar-refractivity contribution in [2.45, 2.75) is 32.2 Å². The lowest BCUT2D eigenvalue weighted by Gasteiger charge is -2.25. The maximum atomic E-state index is 8.41. The number of nitriles is 1.